The fraction of sp³-hybridized carbons (Fsp3) is 0.167. The number of aromatic nitrogens is 1. The summed E-state index contributed by atoms with van der Waals surface area (Å²) in [6.45, 7) is 3.46. The lowest BCUT2D eigenvalue weighted by Gasteiger charge is -2.03. The van der Waals surface area contributed by atoms with Gasteiger partial charge in [-0.2, -0.15) is 0 Å². The van der Waals surface area contributed by atoms with Crippen LogP contribution in [-0.4, -0.2) is 4.98 Å². The lowest BCUT2D eigenvalue weighted by molar-refractivity contribution is -0.00000504. The molecule has 3 aromatic rings. The fourth-order valence-corrected chi connectivity index (χ4v) is 2.39. The zero-order valence-electron chi connectivity index (χ0n) is 12.7. The van der Waals surface area contributed by atoms with E-state index >= 15 is 0 Å². The summed E-state index contributed by atoms with van der Waals surface area (Å²) in [5, 5.41) is 4.11. The second kappa shape index (κ2) is 8.16. The van der Waals surface area contributed by atoms with Gasteiger partial charge in [0.2, 0.25) is 0 Å². The SMILES string of the molecule is Cc1ccc(-c2ccc(CNCc3ccncc3)o2)cc1Cl.[Cl-]. The lowest BCUT2D eigenvalue weighted by atomic mass is 10.1. The van der Waals surface area contributed by atoms with Gasteiger partial charge in [-0.1, -0.05) is 23.7 Å². The molecule has 0 saturated carbocycles. The van der Waals surface area contributed by atoms with Gasteiger partial charge in [-0.3, -0.25) is 4.98 Å². The van der Waals surface area contributed by atoms with E-state index in [1.165, 1.54) is 5.56 Å². The third-order valence-corrected chi connectivity index (χ3v) is 3.90. The second-order valence-electron chi connectivity index (χ2n) is 5.19. The Morgan fingerprint density at radius 1 is 1.04 bits per heavy atom. The van der Waals surface area contributed by atoms with Crippen molar-refractivity contribution in [1.82, 2.24) is 10.3 Å². The Hall–Kier alpha value is -1.81. The Morgan fingerprint density at radius 2 is 1.83 bits per heavy atom. The highest BCUT2D eigenvalue weighted by Gasteiger charge is 2.06. The standard InChI is InChI=1S/C18H17ClN2O.ClH/c1-13-2-3-15(10-17(13)19)18-5-4-16(22-18)12-21-11-14-6-8-20-9-7-14;/h2-10,21H,11-12H2,1H3;1H/p-1. The average Bonchev–Trinajstić information content (AvgIpc) is 3.00. The quantitative estimate of drug-likeness (QED) is 0.761. The highest BCUT2D eigenvalue weighted by atomic mass is 35.5. The highest BCUT2D eigenvalue weighted by Crippen LogP contribution is 2.26. The van der Waals surface area contributed by atoms with E-state index in [4.69, 9.17) is 16.0 Å². The first-order chi connectivity index (χ1) is 10.7. The minimum atomic E-state index is 0. The third-order valence-electron chi connectivity index (χ3n) is 3.50. The van der Waals surface area contributed by atoms with Gasteiger partial charge in [0.1, 0.15) is 11.5 Å². The van der Waals surface area contributed by atoms with Crippen LogP contribution in [0.2, 0.25) is 5.02 Å². The van der Waals surface area contributed by atoms with E-state index in [1.54, 1.807) is 12.4 Å². The molecule has 0 radical (unpaired) electrons. The van der Waals surface area contributed by atoms with Gasteiger partial charge in [0.05, 0.1) is 6.54 Å². The number of furan rings is 1. The molecule has 3 rings (SSSR count). The molecule has 2 heterocycles. The highest BCUT2D eigenvalue weighted by molar-refractivity contribution is 6.31. The summed E-state index contributed by atoms with van der Waals surface area (Å²) in [6.07, 6.45) is 3.59. The number of rotatable bonds is 5. The molecular formula is C18H17Cl2N2O-. The van der Waals surface area contributed by atoms with Gasteiger partial charge >= 0.3 is 0 Å². The molecule has 0 aliphatic carbocycles. The van der Waals surface area contributed by atoms with Crippen molar-refractivity contribution in [1.29, 1.82) is 0 Å². The minimum absolute atomic E-state index is 0. The van der Waals surface area contributed by atoms with Crippen LogP contribution in [0, 0.1) is 6.92 Å². The van der Waals surface area contributed by atoms with Crippen LogP contribution in [0.3, 0.4) is 0 Å². The second-order valence-corrected chi connectivity index (χ2v) is 5.60. The Balaban J connectivity index is 0.00000192. The molecule has 120 valence electrons. The van der Waals surface area contributed by atoms with E-state index in [0.717, 1.165) is 34.2 Å². The van der Waals surface area contributed by atoms with Crippen LogP contribution in [0.1, 0.15) is 16.9 Å². The molecule has 5 heteroatoms. The maximum absolute atomic E-state index is 6.16. The van der Waals surface area contributed by atoms with Crippen LogP contribution in [0.4, 0.5) is 0 Å². The molecular weight excluding hydrogens is 331 g/mol. The van der Waals surface area contributed by atoms with Crippen molar-refractivity contribution < 1.29 is 16.8 Å². The summed E-state index contributed by atoms with van der Waals surface area (Å²) in [4.78, 5) is 4.00. The maximum Gasteiger partial charge on any atom is 0.134 e. The summed E-state index contributed by atoms with van der Waals surface area (Å²) >= 11 is 6.16. The predicted octanol–water partition coefficient (Wildman–Crippen LogP) is 1.60. The van der Waals surface area contributed by atoms with Gasteiger partial charge in [-0.05, 0) is 48.4 Å². The first-order valence-electron chi connectivity index (χ1n) is 7.17. The lowest BCUT2D eigenvalue weighted by Crippen LogP contribution is -3.00. The zero-order chi connectivity index (χ0) is 15.4. The van der Waals surface area contributed by atoms with E-state index in [1.807, 2.05) is 49.4 Å². The van der Waals surface area contributed by atoms with Crippen molar-refractivity contribution in [3.05, 3.63) is 76.8 Å². The summed E-state index contributed by atoms with van der Waals surface area (Å²) < 4.78 is 5.87. The number of benzene rings is 1. The van der Waals surface area contributed by atoms with E-state index in [2.05, 4.69) is 10.3 Å². The molecule has 23 heavy (non-hydrogen) atoms. The topological polar surface area (TPSA) is 38.1 Å². The van der Waals surface area contributed by atoms with Gasteiger partial charge in [-0.15, -0.1) is 0 Å². The van der Waals surface area contributed by atoms with Crippen molar-refractivity contribution in [2.24, 2.45) is 0 Å². The molecule has 1 N–H and O–H groups in total. The van der Waals surface area contributed by atoms with E-state index in [-0.39, 0.29) is 12.4 Å². The molecule has 0 spiro atoms. The van der Waals surface area contributed by atoms with Crippen LogP contribution >= 0.6 is 11.6 Å². The van der Waals surface area contributed by atoms with Gasteiger partial charge < -0.3 is 22.1 Å². The molecule has 0 fully saturated rings. The Morgan fingerprint density at radius 3 is 2.57 bits per heavy atom. The number of halogens is 2. The zero-order valence-corrected chi connectivity index (χ0v) is 14.2. The summed E-state index contributed by atoms with van der Waals surface area (Å²) in [7, 11) is 0. The van der Waals surface area contributed by atoms with Crippen LogP contribution in [0.25, 0.3) is 11.3 Å². The van der Waals surface area contributed by atoms with E-state index in [9.17, 15) is 0 Å². The molecule has 0 unspecified atom stereocenters. The Labute approximate surface area is 147 Å². The smallest absolute Gasteiger partial charge is 0.134 e. The normalized spacial score (nSPS) is 10.3. The Bertz CT molecular complexity index is 757. The van der Waals surface area contributed by atoms with E-state index in [0.29, 0.717) is 6.54 Å². The van der Waals surface area contributed by atoms with Crippen molar-refractivity contribution in [2.45, 2.75) is 20.0 Å². The van der Waals surface area contributed by atoms with Crippen molar-refractivity contribution in [3.8, 4) is 11.3 Å². The van der Waals surface area contributed by atoms with E-state index < -0.39 is 0 Å². The molecule has 0 saturated heterocycles. The van der Waals surface area contributed by atoms with Gasteiger partial charge in [0.15, 0.2) is 0 Å². The molecule has 0 amide bonds. The summed E-state index contributed by atoms with van der Waals surface area (Å²) in [5.41, 5.74) is 3.26. The van der Waals surface area contributed by atoms with Crippen LogP contribution in [-0.2, 0) is 13.1 Å². The van der Waals surface area contributed by atoms with Gasteiger partial charge in [0.25, 0.3) is 0 Å². The number of hydrogen-bond donors (Lipinski definition) is 1. The minimum Gasteiger partial charge on any atom is -1.00 e. The molecule has 0 atom stereocenters. The summed E-state index contributed by atoms with van der Waals surface area (Å²) in [6, 6.07) is 13.9. The number of hydrogen-bond acceptors (Lipinski definition) is 3. The third kappa shape index (κ3) is 4.58. The molecule has 0 aliphatic heterocycles. The number of pyridine rings is 1. The largest absolute Gasteiger partial charge is 1.00 e. The van der Waals surface area contributed by atoms with Crippen molar-refractivity contribution in [2.75, 3.05) is 0 Å². The Kier molecular flexibility index (Phi) is 6.22. The van der Waals surface area contributed by atoms with Gasteiger partial charge in [0, 0.05) is 29.5 Å². The van der Waals surface area contributed by atoms with Crippen molar-refractivity contribution in [3.63, 3.8) is 0 Å². The monoisotopic (exact) mass is 347 g/mol. The predicted molar refractivity (Wildman–Crippen MR) is 88.7 cm³/mol. The van der Waals surface area contributed by atoms with Crippen LogP contribution < -0.4 is 17.7 Å². The summed E-state index contributed by atoms with van der Waals surface area (Å²) in [5.74, 6) is 1.74. The number of nitrogens with one attached hydrogen (secondary N) is 1. The average molecular weight is 348 g/mol. The fourth-order valence-electron chi connectivity index (χ4n) is 2.20. The van der Waals surface area contributed by atoms with Gasteiger partial charge in [-0.25, -0.2) is 0 Å². The number of nitrogens with zero attached hydrogens (tertiary/aromatic N) is 1. The van der Waals surface area contributed by atoms with Crippen LogP contribution in [0.15, 0.2) is 59.3 Å². The number of aryl methyl sites for hydroxylation is 1. The molecule has 0 bridgehead atoms. The molecule has 2 aromatic heterocycles. The first kappa shape index (κ1) is 17.5. The van der Waals surface area contributed by atoms with Crippen molar-refractivity contribution >= 4 is 11.6 Å². The molecule has 0 aliphatic rings. The molecule has 1 aromatic carbocycles. The molecule has 3 nitrogen and oxygen atoms in total. The van der Waals surface area contributed by atoms with Crippen LogP contribution in [0.5, 0.6) is 0 Å². The first-order valence-corrected chi connectivity index (χ1v) is 7.55. The maximum atomic E-state index is 6.16.